The van der Waals surface area contributed by atoms with Crippen molar-refractivity contribution in [2.45, 2.75) is 27.0 Å². The van der Waals surface area contributed by atoms with Crippen LogP contribution >= 0.6 is 0 Å². The van der Waals surface area contributed by atoms with Crippen molar-refractivity contribution in [3.63, 3.8) is 0 Å². The van der Waals surface area contributed by atoms with Gasteiger partial charge in [-0.2, -0.15) is 0 Å². The quantitative estimate of drug-likeness (QED) is 0.860. The van der Waals surface area contributed by atoms with Gasteiger partial charge in [-0.1, -0.05) is 12.1 Å². The highest BCUT2D eigenvalue weighted by Crippen LogP contribution is 2.22. The van der Waals surface area contributed by atoms with Crippen LogP contribution in [-0.4, -0.2) is 22.1 Å². The van der Waals surface area contributed by atoms with Gasteiger partial charge in [-0.15, -0.1) is 0 Å². The number of aliphatic hydroxyl groups excluding tert-OH is 1. The first-order chi connectivity index (χ1) is 8.61. The van der Waals surface area contributed by atoms with Crippen LogP contribution in [0.1, 0.15) is 18.1 Å². The SMILES string of the molecule is CC(=O)NCCn1cc(C)c2ccc(CO)cc21. The van der Waals surface area contributed by atoms with Crippen molar-refractivity contribution in [3.8, 4) is 0 Å². The van der Waals surface area contributed by atoms with Gasteiger partial charge in [0.2, 0.25) is 5.91 Å². The number of hydrogen-bond acceptors (Lipinski definition) is 2. The van der Waals surface area contributed by atoms with Crippen LogP contribution in [0.3, 0.4) is 0 Å². The molecule has 4 nitrogen and oxygen atoms in total. The summed E-state index contributed by atoms with van der Waals surface area (Å²) in [6.07, 6.45) is 2.08. The average Bonchev–Trinajstić information content (AvgIpc) is 2.65. The predicted octanol–water partition coefficient (Wildman–Crippen LogP) is 1.58. The number of nitrogens with zero attached hydrogens (tertiary/aromatic N) is 1. The Kier molecular flexibility index (Phi) is 3.67. The van der Waals surface area contributed by atoms with E-state index in [1.807, 2.05) is 18.2 Å². The minimum absolute atomic E-state index is 0.0146. The lowest BCUT2D eigenvalue weighted by Gasteiger charge is -2.06. The van der Waals surface area contributed by atoms with Crippen molar-refractivity contribution in [3.05, 3.63) is 35.5 Å². The Labute approximate surface area is 106 Å². The third-order valence-electron chi connectivity index (χ3n) is 3.06. The van der Waals surface area contributed by atoms with Gasteiger partial charge in [0.15, 0.2) is 0 Å². The molecule has 0 spiro atoms. The van der Waals surface area contributed by atoms with Gasteiger partial charge in [0.1, 0.15) is 0 Å². The van der Waals surface area contributed by atoms with E-state index < -0.39 is 0 Å². The van der Waals surface area contributed by atoms with E-state index in [0.717, 1.165) is 17.6 Å². The molecule has 0 saturated carbocycles. The Bertz CT molecular complexity index is 572. The van der Waals surface area contributed by atoms with Crippen LogP contribution in [0, 0.1) is 6.92 Å². The van der Waals surface area contributed by atoms with Gasteiger partial charge in [-0.25, -0.2) is 0 Å². The summed E-state index contributed by atoms with van der Waals surface area (Å²) in [6, 6.07) is 5.97. The molecular weight excluding hydrogens is 228 g/mol. The van der Waals surface area contributed by atoms with Crippen molar-refractivity contribution in [1.29, 1.82) is 0 Å². The Balaban J connectivity index is 2.28. The fourth-order valence-corrected chi connectivity index (χ4v) is 2.16. The lowest BCUT2D eigenvalue weighted by Crippen LogP contribution is -2.24. The van der Waals surface area contributed by atoms with E-state index in [9.17, 15) is 9.90 Å². The van der Waals surface area contributed by atoms with Gasteiger partial charge in [-0.05, 0) is 24.1 Å². The Morgan fingerprint density at radius 2 is 2.22 bits per heavy atom. The summed E-state index contributed by atoms with van der Waals surface area (Å²) in [7, 11) is 0. The van der Waals surface area contributed by atoms with E-state index in [-0.39, 0.29) is 12.5 Å². The van der Waals surface area contributed by atoms with Crippen LogP contribution in [-0.2, 0) is 17.9 Å². The molecule has 0 atom stereocenters. The zero-order chi connectivity index (χ0) is 13.1. The van der Waals surface area contributed by atoms with E-state index in [1.165, 1.54) is 17.9 Å². The van der Waals surface area contributed by atoms with Crippen molar-refractivity contribution in [2.24, 2.45) is 0 Å². The number of hydrogen-bond donors (Lipinski definition) is 2. The van der Waals surface area contributed by atoms with Crippen LogP contribution in [0.4, 0.5) is 0 Å². The van der Waals surface area contributed by atoms with Gasteiger partial charge in [0, 0.05) is 37.1 Å². The van der Waals surface area contributed by atoms with Crippen molar-refractivity contribution in [2.75, 3.05) is 6.54 Å². The molecule has 0 radical (unpaired) electrons. The second-order valence-electron chi connectivity index (χ2n) is 4.50. The molecule has 1 aromatic heterocycles. The third kappa shape index (κ3) is 2.54. The number of benzene rings is 1. The summed E-state index contributed by atoms with van der Waals surface area (Å²) in [5.41, 5.74) is 3.21. The summed E-state index contributed by atoms with van der Waals surface area (Å²) in [6.45, 7) is 4.98. The molecule has 18 heavy (non-hydrogen) atoms. The average molecular weight is 246 g/mol. The maximum atomic E-state index is 10.8. The van der Waals surface area contributed by atoms with Crippen LogP contribution < -0.4 is 5.32 Å². The molecule has 0 saturated heterocycles. The number of rotatable bonds is 4. The highest BCUT2D eigenvalue weighted by Gasteiger charge is 2.06. The second-order valence-corrected chi connectivity index (χ2v) is 4.50. The number of aromatic nitrogens is 1. The first kappa shape index (κ1) is 12.6. The van der Waals surface area contributed by atoms with Crippen LogP contribution in [0.15, 0.2) is 24.4 Å². The molecule has 1 heterocycles. The number of fused-ring (bicyclic) bond motifs is 1. The summed E-state index contributed by atoms with van der Waals surface area (Å²) in [5, 5.41) is 13.2. The Hall–Kier alpha value is -1.81. The monoisotopic (exact) mass is 246 g/mol. The number of amides is 1. The molecule has 2 N–H and O–H groups in total. The number of aryl methyl sites for hydroxylation is 1. The highest BCUT2D eigenvalue weighted by molar-refractivity contribution is 5.84. The van der Waals surface area contributed by atoms with E-state index >= 15 is 0 Å². The number of carbonyl (C=O) groups excluding carboxylic acids is 1. The van der Waals surface area contributed by atoms with Crippen LogP contribution in [0.25, 0.3) is 10.9 Å². The van der Waals surface area contributed by atoms with Crippen LogP contribution in [0.2, 0.25) is 0 Å². The summed E-state index contributed by atoms with van der Waals surface area (Å²) < 4.78 is 2.11. The highest BCUT2D eigenvalue weighted by atomic mass is 16.3. The zero-order valence-electron chi connectivity index (χ0n) is 10.7. The van der Waals surface area contributed by atoms with Crippen LogP contribution in [0.5, 0.6) is 0 Å². The third-order valence-corrected chi connectivity index (χ3v) is 3.06. The first-order valence-electron chi connectivity index (χ1n) is 6.05. The topological polar surface area (TPSA) is 54.3 Å². The Morgan fingerprint density at radius 3 is 2.89 bits per heavy atom. The number of carbonyl (C=O) groups is 1. The Morgan fingerprint density at radius 1 is 1.44 bits per heavy atom. The molecule has 0 unspecified atom stereocenters. The molecule has 1 amide bonds. The lowest BCUT2D eigenvalue weighted by atomic mass is 10.1. The maximum absolute atomic E-state index is 10.8. The largest absolute Gasteiger partial charge is 0.392 e. The first-order valence-corrected chi connectivity index (χ1v) is 6.05. The minimum Gasteiger partial charge on any atom is -0.392 e. The van der Waals surface area contributed by atoms with Crippen molar-refractivity contribution in [1.82, 2.24) is 9.88 Å². The molecule has 0 aliphatic rings. The molecule has 4 heteroatoms. The maximum Gasteiger partial charge on any atom is 0.216 e. The predicted molar refractivity (Wildman–Crippen MR) is 71.3 cm³/mol. The normalized spacial score (nSPS) is 10.8. The molecular formula is C14H18N2O2. The fraction of sp³-hybridized carbons (Fsp3) is 0.357. The van der Waals surface area contributed by atoms with Gasteiger partial charge < -0.3 is 15.0 Å². The fourth-order valence-electron chi connectivity index (χ4n) is 2.16. The molecule has 96 valence electrons. The molecule has 1 aromatic carbocycles. The molecule has 2 aromatic rings. The lowest BCUT2D eigenvalue weighted by molar-refractivity contribution is -0.118. The standard InChI is InChI=1S/C14H18N2O2/c1-10-8-16(6-5-15-11(2)18)14-7-12(9-17)3-4-13(10)14/h3-4,7-8,17H,5-6,9H2,1-2H3,(H,15,18). The van der Waals surface area contributed by atoms with Gasteiger partial charge in [0.25, 0.3) is 0 Å². The smallest absolute Gasteiger partial charge is 0.216 e. The van der Waals surface area contributed by atoms with Crippen molar-refractivity contribution < 1.29 is 9.90 Å². The molecule has 0 fully saturated rings. The van der Waals surface area contributed by atoms with E-state index in [1.54, 1.807) is 0 Å². The van der Waals surface area contributed by atoms with Gasteiger partial charge in [-0.3, -0.25) is 4.79 Å². The molecule has 0 aliphatic heterocycles. The van der Waals surface area contributed by atoms with Crippen molar-refractivity contribution >= 4 is 16.8 Å². The summed E-state index contributed by atoms with van der Waals surface area (Å²) in [4.78, 5) is 10.8. The van der Waals surface area contributed by atoms with E-state index in [4.69, 9.17) is 0 Å². The zero-order valence-corrected chi connectivity index (χ0v) is 10.7. The van der Waals surface area contributed by atoms with Gasteiger partial charge in [0.05, 0.1) is 6.61 Å². The minimum atomic E-state index is -0.0146. The van der Waals surface area contributed by atoms with E-state index in [0.29, 0.717) is 6.54 Å². The second kappa shape index (κ2) is 5.23. The molecule has 2 rings (SSSR count). The summed E-state index contributed by atoms with van der Waals surface area (Å²) in [5.74, 6) is -0.0146. The van der Waals surface area contributed by atoms with E-state index in [2.05, 4.69) is 23.0 Å². The number of nitrogens with one attached hydrogen (secondary N) is 1. The summed E-state index contributed by atoms with van der Waals surface area (Å²) >= 11 is 0. The molecule has 0 bridgehead atoms. The van der Waals surface area contributed by atoms with Gasteiger partial charge >= 0.3 is 0 Å². The molecule has 0 aliphatic carbocycles. The number of aliphatic hydroxyl groups is 1.